The standard InChI is InChI=1S/C19H24F2N4OS/c1-12-11-27-18(22-12)16-8-14(10-25(3)13(2)26)9-17(24-16)23-15-4-6-19(20,21)7-5-15/h8-9,11,15H,4-7,10H2,1-3H3,(H,23,24). The number of amides is 1. The van der Waals surface area contributed by atoms with Crippen molar-refractivity contribution in [2.24, 2.45) is 0 Å². The van der Waals surface area contributed by atoms with Crippen LogP contribution in [0.3, 0.4) is 0 Å². The predicted octanol–water partition coefficient (Wildman–Crippen LogP) is 4.48. The SMILES string of the molecule is CC(=O)N(C)Cc1cc(NC2CCC(F)(F)CC2)nc(-c2nc(C)cs2)c1. The summed E-state index contributed by atoms with van der Waals surface area (Å²) in [5.74, 6) is -1.94. The van der Waals surface area contributed by atoms with E-state index < -0.39 is 5.92 Å². The van der Waals surface area contributed by atoms with Gasteiger partial charge in [-0.05, 0) is 37.5 Å². The molecule has 0 aromatic carbocycles. The van der Waals surface area contributed by atoms with Gasteiger partial charge in [-0.15, -0.1) is 11.3 Å². The summed E-state index contributed by atoms with van der Waals surface area (Å²) < 4.78 is 26.8. The molecular weight excluding hydrogens is 370 g/mol. The van der Waals surface area contributed by atoms with E-state index in [0.29, 0.717) is 25.2 Å². The zero-order chi connectivity index (χ0) is 19.6. The molecule has 2 aromatic rings. The number of aryl methyl sites for hydroxylation is 1. The molecule has 0 bridgehead atoms. The molecule has 146 valence electrons. The second-order valence-corrected chi connectivity index (χ2v) is 8.05. The largest absolute Gasteiger partial charge is 0.367 e. The summed E-state index contributed by atoms with van der Waals surface area (Å²) in [6.45, 7) is 3.90. The van der Waals surface area contributed by atoms with Gasteiger partial charge in [0.15, 0.2) is 0 Å². The lowest BCUT2D eigenvalue weighted by Gasteiger charge is -2.29. The third-order valence-electron chi connectivity index (χ3n) is 4.75. The van der Waals surface area contributed by atoms with Crippen molar-refractivity contribution >= 4 is 23.1 Å². The number of thiazole rings is 1. The molecule has 5 nitrogen and oxygen atoms in total. The maximum atomic E-state index is 13.4. The highest BCUT2D eigenvalue weighted by Gasteiger charge is 2.35. The topological polar surface area (TPSA) is 58.1 Å². The molecular formula is C19H24F2N4OS. The van der Waals surface area contributed by atoms with Crippen molar-refractivity contribution in [3.8, 4) is 10.7 Å². The Morgan fingerprint density at radius 1 is 1.33 bits per heavy atom. The maximum Gasteiger partial charge on any atom is 0.248 e. The van der Waals surface area contributed by atoms with Gasteiger partial charge in [0.05, 0.1) is 0 Å². The summed E-state index contributed by atoms with van der Waals surface area (Å²) in [6.07, 6.45) is 0.627. The molecule has 1 aliphatic carbocycles. The molecule has 1 fully saturated rings. The first-order valence-corrected chi connectivity index (χ1v) is 9.89. The first kappa shape index (κ1) is 19.7. The van der Waals surface area contributed by atoms with E-state index in [-0.39, 0.29) is 24.8 Å². The fourth-order valence-corrected chi connectivity index (χ4v) is 3.87. The van der Waals surface area contributed by atoms with Crippen molar-refractivity contribution < 1.29 is 13.6 Å². The molecule has 1 saturated carbocycles. The number of anilines is 1. The van der Waals surface area contributed by atoms with Crippen LogP contribution in [0, 0.1) is 6.92 Å². The summed E-state index contributed by atoms with van der Waals surface area (Å²) in [5, 5.41) is 6.07. The van der Waals surface area contributed by atoms with Crippen molar-refractivity contribution in [1.82, 2.24) is 14.9 Å². The van der Waals surface area contributed by atoms with Crippen LogP contribution in [-0.2, 0) is 11.3 Å². The predicted molar refractivity (Wildman–Crippen MR) is 103 cm³/mol. The maximum absolute atomic E-state index is 13.4. The summed E-state index contributed by atoms with van der Waals surface area (Å²) >= 11 is 1.51. The molecule has 2 aromatic heterocycles. The molecule has 0 atom stereocenters. The quantitative estimate of drug-likeness (QED) is 0.812. The van der Waals surface area contributed by atoms with Crippen LogP contribution in [0.2, 0.25) is 0 Å². The summed E-state index contributed by atoms with van der Waals surface area (Å²) in [6, 6.07) is 3.79. The number of nitrogens with zero attached hydrogens (tertiary/aromatic N) is 3. The van der Waals surface area contributed by atoms with Gasteiger partial charge in [-0.2, -0.15) is 0 Å². The van der Waals surface area contributed by atoms with Crippen LogP contribution in [0.25, 0.3) is 10.7 Å². The Labute approximate surface area is 161 Å². The van der Waals surface area contributed by atoms with Crippen LogP contribution in [0.4, 0.5) is 14.6 Å². The minimum absolute atomic E-state index is 0.0243. The third-order valence-corrected chi connectivity index (χ3v) is 5.73. The lowest BCUT2D eigenvalue weighted by Crippen LogP contribution is -2.32. The van der Waals surface area contributed by atoms with Crippen molar-refractivity contribution in [1.29, 1.82) is 0 Å². The van der Waals surface area contributed by atoms with Crippen LogP contribution in [0.5, 0.6) is 0 Å². The molecule has 0 aliphatic heterocycles. The number of aromatic nitrogens is 2. The Hall–Kier alpha value is -2.09. The molecule has 0 saturated heterocycles. The number of carbonyl (C=O) groups is 1. The minimum Gasteiger partial charge on any atom is -0.367 e. The molecule has 27 heavy (non-hydrogen) atoms. The van der Waals surface area contributed by atoms with Gasteiger partial charge in [0.25, 0.3) is 0 Å². The number of alkyl halides is 2. The molecule has 2 heterocycles. The van der Waals surface area contributed by atoms with E-state index in [1.165, 1.54) is 18.3 Å². The molecule has 1 amide bonds. The van der Waals surface area contributed by atoms with Crippen LogP contribution >= 0.6 is 11.3 Å². The number of carbonyl (C=O) groups excluding carboxylic acids is 1. The smallest absolute Gasteiger partial charge is 0.248 e. The highest BCUT2D eigenvalue weighted by molar-refractivity contribution is 7.13. The first-order valence-electron chi connectivity index (χ1n) is 9.01. The van der Waals surface area contributed by atoms with E-state index in [4.69, 9.17) is 0 Å². The van der Waals surface area contributed by atoms with Gasteiger partial charge in [0.1, 0.15) is 16.5 Å². The Morgan fingerprint density at radius 3 is 2.63 bits per heavy atom. The van der Waals surface area contributed by atoms with Gasteiger partial charge >= 0.3 is 0 Å². The fraction of sp³-hybridized carbons (Fsp3) is 0.526. The van der Waals surface area contributed by atoms with Crippen LogP contribution in [0.15, 0.2) is 17.5 Å². The molecule has 0 unspecified atom stereocenters. The van der Waals surface area contributed by atoms with Crippen molar-refractivity contribution in [3.63, 3.8) is 0 Å². The molecule has 0 spiro atoms. The van der Waals surface area contributed by atoms with Crippen LogP contribution in [0.1, 0.15) is 43.9 Å². The number of pyridine rings is 1. The fourth-order valence-electron chi connectivity index (χ4n) is 3.11. The zero-order valence-corrected chi connectivity index (χ0v) is 16.6. The van der Waals surface area contributed by atoms with Crippen molar-refractivity contribution in [2.75, 3.05) is 12.4 Å². The number of hydrogen-bond acceptors (Lipinski definition) is 5. The van der Waals surface area contributed by atoms with Gasteiger partial charge in [-0.25, -0.2) is 18.7 Å². The summed E-state index contributed by atoms with van der Waals surface area (Å²) in [7, 11) is 1.74. The van der Waals surface area contributed by atoms with Crippen molar-refractivity contribution in [2.45, 2.75) is 58.0 Å². The summed E-state index contributed by atoms with van der Waals surface area (Å²) in [5.41, 5.74) is 2.58. The minimum atomic E-state index is -2.55. The molecule has 0 radical (unpaired) electrons. The van der Waals surface area contributed by atoms with E-state index in [2.05, 4.69) is 15.3 Å². The third kappa shape index (κ3) is 5.22. The second kappa shape index (κ2) is 7.88. The Kier molecular flexibility index (Phi) is 5.74. The lowest BCUT2D eigenvalue weighted by molar-refractivity contribution is -0.128. The second-order valence-electron chi connectivity index (χ2n) is 7.19. The van der Waals surface area contributed by atoms with Gasteiger partial charge in [-0.1, -0.05) is 0 Å². The Bertz CT molecular complexity index is 814. The average Bonchev–Trinajstić information content (AvgIpc) is 3.03. The molecule has 8 heteroatoms. The Balaban J connectivity index is 1.84. The molecule has 3 rings (SSSR count). The summed E-state index contributed by atoms with van der Waals surface area (Å²) in [4.78, 5) is 22.3. The van der Waals surface area contributed by atoms with Gasteiger partial charge in [-0.3, -0.25) is 4.79 Å². The zero-order valence-electron chi connectivity index (χ0n) is 15.8. The van der Waals surface area contributed by atoms with E-state index in [1.54, 1.807) is 11.9 Å². The first-order chi connectivity index (χ1) is 12.7. The Morgan fingerprint density at radius 2 is 2.04 bits per heavy atom. The van der Waals surface area contributed by atoms with Gasteiger partial charge < -0.3 is 10.2 Å². The van der Waals surface area contributed by atoms with E-state index in [9.17, 15) is 13.6 Å². The lowest BCUT2D eigenvalue weighted by atomic mass is 9.92. The average molecular weight is 394 g/mol. The van der Waals surface area contributed by atoms with E-state index in [1.807, 2.05) is 24.4 Å². The molecule has 1 aliphatic rings. The van der Waals surface area contributed by atoms with Gasteiger partial charge in [0.2, 0.25) is 11.8 Å². The van der Waals surface area contributed by atoms with E-state index >= 15 is 0 Å². The van der Waals surface area contributed by atoms with Gasteiger partial charge in [0, 0.05) is 50.5 Å². The number of nitrogens with one attached hydrogen (secondary N) is 1. The van der Waals surface area contributed by atoms with Crippen LogP contribution in [-0.4, -0.2) is 39.8 Å². The number of hydrogen-bond donors (Lipinski definition) is 1. The molecule has 1 N–H and O–H groups in total. The highest BCUT2D eigenvalue weighted by Crippen LogP contribution is 2.34. The van der Waals surface area contributed by atoms with Crippen molar-refractivity contribution in [3.05, 3.63) is 28.8 Å². The highest BCUT2D eigenvalue weighted by atomic mass is 32.1. The monoisotopic (exact) mass is 394 g/mol. The van der Waals surface area contributed by atoms with Crippen LogP contribution < -0.4 is 5.32 Å². The number of halogens is 2. The normalized spacial score (nSPS) is 16.9. The van der Waals surface area contributed by atoms with E-state index in [0.717, 1.165) is 22.0 Å². The number of rotatable bonds is 5.